The second-order valence-electron chi connectivity index (χ2n) is 5.00. The first kappa shape index (κ1) is 13.7. The number of anilines is 1. The number of halogens is 1. The number of ketones is 1. The van der Waals surface area contributed by atoms with Crippen LogP contribution in [0.1, 0.15) is 39.2 Å². The highest BCUT2D eigenvalue weighted by Gasteiger charge is 2.25. The number of nitrogens with one attached hydrogen (secondary N) is 1. The van der Waals surface area contributed by atoms with Gasteiger partial charge in [0.2, 0.25) is 0 Å². The predicted octanol–water partition coefficient (Wildman–Crippen LogP) is 4.55. The lowest BCUT2D eigenvalue weighted by atomic mass is 9.92. The first-order valence-electron chi connectivity index (χ1n) is 6.83. The average Bonchev–Trinajstić information content (AvgIpc) is 2.85. The standard InChI is InChI=1S/C16H16ClNOS/c1-18-16-14(12-4-2-3-5-13(12)20-16)15(19)10-6-8-11(17)9-7-10/h6-9,18H,2-5H2,1H3. The topological polar surface area (TPSA) is 29.1 Å². The molecule has 1 N–H and O–H groups in total. The highest BCUT2D eigenvalue weighted by atomic mass is 35.5. The summed E-state index contributed by atoms with van der Waals surface area (Å²) in [6, 6.07) is 7.15. The zero-order chi connectivity index (χ0) is 14.1. The van der Waals surface area contributed by atoms with Gasteiger partial charge in [-0.3, -0.25) is 4.79 Å². The largest absolute Gasteiger partial charge is 0.379 e. The first-order valence-corrected chi connectivity index (χ1v) is 8.02. The summed E-state index contributed by atoms with van der Waals surface area (Å²) in [7, 11) is 1.88. The lowest BCUT2D eigenvalue weighted by Crippen LogP contribution is -2.09. The molecule has 0 fully saturated rings. The van der Waals surface area contributed by atoms with E-state index in [4.69, 9.17) is 11.6 Å². The normalized spacial score (nSPS) is 13.9. The van der Waals surface area contributed by atoms with Crippen molar-refractivity contribution in [2.45, 2.75) is 25.7 Å². The molecule has 1 aromatic heterocycles. The Balaban J connectivity index is 2.06. The van der Waals surface area contributed by atoms with Gasteiger partial charge in [0.15, 0.2) is 5.78 Å². The van der Waals surface area contributed by atoms with Gasteiger partial charge < -0.3 is 5.32 Å². The Morgan fingerprint density at radius 1 is 1.20 bits per heavy atom. The maximum absolute atomic E-state index is 12.8. The fourth-order valence-electron chi connectivity index (χ4n) is 2.73. The minimum atomic E-state index is 0.102. The molecule has 0 atom stereocenters. The van der Waals surface area contributed by atoms with Crippen LogP contribution in [-0.2, 0) is 12.8 Å². The monoisotopic (exact) mass is 305 g/mol. The molecule has 0 amide bonds. The molecule has 3 rings (SSSR count). The number of carbonyl (C=O) groups excluding carboxylic acids is 1. The van der Waals surface area contributed by atoms with Gasteiger partial charge in [-0.2, -0.15) is 0 Å². The molecule has 0 spiro atoms. The number of hydrogen-bond donors (Lipinski definition) is 1. The highest BCUT2D eigenvalue weighted by Crippen LogP contribution is 2.39. The van der Waals surface area contributed by atoms with E-state index >= 15 is 0 Å². The number of hydrogen-bond acceptors (Lipinski definition) is 3. The summed E-state index contributed by atoms with van der Waals surface area (Å²) in [4.78, 5) is 14.2. The van der Waals surface area contributed by atoms with Crippen LogP contribution in [0.25, 0.3) is 0 Å². The van der Waals surface area contributed by atoms with E-state index in [1.54, 1.807) is 35.6 Å². The highest BCUT2D eigenvalue weighted by molar-refractivity contribution is 7.16. The van der Waals surface area contributed by atoms with Crippen molar-refractivity contribution in [3.63, 3.8) is 0 Å². The van der Waals surface area contributed by atoms with Crippen LogP contribution in [0.5, 0.6) is 0 Å². The molecule has 1 aliphatic rings. The molecule has 0 bridgehead atoms. The summed E-state index contributed by atoms with van der Waals surface area (Å²) < 4.78 is 0. The zero-order valence-electron chi connectivity index (χ0n) is 11.3. The van der Waals surface area contributed by atoms with Crippen molar-refractivity contribution in [2.24, 2.45) is 0 Å². The predicted molar refractivity (Wildman–Crippen MR) is 85.4 cm³/mol. The molecule has 0 aliphatic heterocycles. The summed E-state index contributed by atoms with van der Waals surface area (Å²) in [6.45, 7) is 0. The molecule has 4 heteroatoms. The SMILES string of the molecule is CNc1sc2c(c1C(=O)c1ccc(Cl)cc1)CCCC2. The van der Waals surface area contributed by atoms with Gasteiger partial charge in [-0.05, 0) is 55.5 Å². The van der Waals surface area contributed by atoms with Crippen molar-refractivity contribution in [1.29, 1.82) is 0 Å². The molecule has 0 saturated carbocycles. The summed E-state index contributed by atoms with van der Waals surface area (Å²) in [5.41, 5.74) is 2.83. The Morgan fingerprint density at radius 3 is 2.60 bits per heavy atom. The van der Waals surface area contributed by atoms with Gasteiger partial charge in [0, 0.05) is 22.5 Å². The van der Waals surface area contributed by atoms with Gasteiger partial charge in [-0.1, -0.05) is 11.6 Å². The Bertz CT molecular complexity index is 645. The van der Waals surface area contributed by atoms with Crippen molar-refractivity contribution in [1.82, 2.24) is 0 Å². The van der Waals surface area contributed by atoms with Gasteiger partial charge in [0.1, 0.15) is 0 Å². The van der Waals surface area contributed by atoms with Crippen molar-refractivity contribution < 1.29 is 4.79 Å². The molecule has 1 heterocycles. The Morgan fingerprint density at radius 2 is 1.90 bits per heavy atom. The molecule has 0 saturated heterocycles. The van der Waals surface area contributed by atoms with E-state index in [0.29, 0.717) is 10.6 Å². The lowest BCUT2D eigenvalue weighted by molar-refractivity contribution is 0.103. The van der Waals surface area contributed by atoms with E-state index in [1.807, 2.05) is 7.05 Å². The number of aryl methyl sites for hydroxylation is 1. The van der Waals surface area contributed by atoms with Crippen LogP contribution < -0.4 is 5.32 Å². The van der Waals surface area contributed by atoms with Crippen LogP contribution in [0.2, 0.25) is 5.02 Å². The van der Waals surface area contributed by atoms with Gasteiger partial charge in [0.05, 0.1) is 10.6 Å². The van der Waals surface area contributed by atoms with E-state index < -0.39 is 0 Å². The molecule has 1 aliphatic carbocycles. The third kappa shape index (κ3) is 2.36. The van der Waals surface area contributed by atoms with Gasteiger partial charge in [0.25, 0.3) is 0 Å². The summed E-state index contributed by atoms with van der Waals surface area (Å²) in [5.74, 6) is 0.102. The molecule has 0 unspecified atom stereocenters. The smallest absolute Gasteiger partial charge is 0.196 e. The zero-order valence-corrected chi connectivity index (χ0v) is 12.9. The maximum atomic E-state index is 12.8. The molecule has 20 heavy (non-hydrogen) atoms. The van der Waals surface area contributed by atoms with Crippen LogP contribution in [0.15, 0.2) is 24.3 Å². The van der Waals surface area contributed by atoms with Crippen molar-refractivity contribution in [2.75, 3.05) is 12.4 Å². The molecule has 104 valence electrons. The van der Waals surface area contributed by atoms with Crippen molar-refractivity contribution in [3.8, 4) is 0 Å². The molecular formula is C16H16ClNOS. The Kier molecular flexibility index (Phi) is 3.81. The summed E-state index contributed by atoms with van der Waals surface area (Å²) in [5, 5.41) is 4.84. The van der Waals surface area contributed by atoms with Gasteiger partial charge in [-0.15, -0.1) is 11.3 Å². The average molecular weight is 306 g/mol. The maximum Gasteiger partial charge on any atom is 0.196 e. The number of carbonyl (C=O) groups is 1. The van der Waals surface area contributed by atoms with Crippen molar-refractivity contribution in [3.05, 3.63) is 50.9 Å². The summed E-state index contributed by atoms with van der Waals surface area (Å²) >= 11 is 7.62. The number of thiophene rings is 1. The number of fused-ring (bicyclic) bond motifs is 1. The number of benzene rings is 1. The fourth-order valence-corrected chi connectivity index (χ4v) is 4.09. The third-order valence-electron chi connectivity index (χ3n) is 3.73. The fraction of sp³-hybridized carbons (Fsp3) is 0.312. The van der Waals surface area contributed by atoms with Gasteiger partial charge >= 0.3 is 0 Å². The van der Waals surface area contributed by atoms with Crippen LogP contribution in [-0.4, -0.2) is 12.8 Å². The second-order valence-corrected chi connectivity index (χ2v) is 6.54. The second kappa shape index (κ2) is 5.58. The van der Waals surface area contributed by atoms with E-state index in [2.05, 4.69) is 5.32 Å². The van der Waals surface area contributed by atoms with E-state index in [-0.39, 0.29) is 5.78 Å². The van der Waals surface area contributed by atoms with Crippen LogP contribution >= 0.6 is 22.9 Å². The minimum Gasteiger partial charge on any atom is -0.379 e. The van der Waals surface area contributed by atoms with Crippen LogP contribution in [0.4, 0.5) is 5.00 Å². The van der Waals surface area contributed by atoms with Crippen LogP contribution in [0.3, 0.4) is 0 Å². The molecule has 2 aromatic rings. The van der Waals surface area contributed by atoms with E-state index in [1.165, 1.54) is 23.3 Å². The first-order chi connectivity index (χ1) is 9.70. The van der Waals surface area contributed by atoms with E-state index in [9.17, 15) is 4.79 Å². The molecule has 1 aromatic carbocycles. The Labute approximate surface area is 127 Å². The van der Waals surface area contributed by atoms with E-state index in [0.717, 1.165) is 23.4 Å². The summed E-state index contributed by atoms with van der Waals surface area (Å²) in [6.07, 6.45) is 4.52. The number of rotatable bonds is 3. The minimum absolute atomic E-state index is 0.102. The Hall–Kier alpha value is -1.32. The lowest BCUT2D eigenvalue weighted by Gasteiger charge is -2.12. The molecule has 2 nitrogen and oxygen atoms in total. The van der Waals surface area contributed by atoms with Gasteiger partial charge in [-0.25, -0.2) is 0 Å². The molecular weight excluding hydrogens is 290 g/mol. The van der Waals surface area contributed by atoms with Crippen LogP contribution in [0, 0.1) is 0 Å². The quantitative estimate of drug-likeness (QED) is 0.843. The molecule has 0 radical (unpaired) electrons. The van der Waals surface area contributed by atoms with Crippen molar-refractivity contribution >= 4 is 33.7 Å². The third-order valence-corrected chi connectivity index (χ3v) is 5.29.